The number of nitrogens with zero attached hydrogens (tertiary/aromatic N) is 3. The van der Waals surface area contributed by atoms with Crippen molar-refractivity contribution in [2.75, 3.05) is 7.11 Å². The van der Waals surface area contributed by atoms with Crippen molar-refractivity contribution in [2.24, 2.45) is 0 Å². The maximum absolute atomic E-state index is 12.4. The molecule has 0 fully saturated rings. The zero-order chi connectivity index (χ0) is 15.7. The highest BCUT2D eigenvalue weighted by Crippen LogP contribution is 2.13. The third-order valence-corrected chi connectivity index (χ3v) is 3.58. The SMILES string of the molecule is CCn1c(=O)[nH]c2ncn(Cc3ccc(OC)cc3)c2c1=O. The first-order valence-corrected chi connectivity index (χ1v) is 6.95. The Kier molecular flexibility index (Phi) is 3.54. The van der Waals surface area contributed by atoms with Gasteiger partial charge in [-0.3, -0.25) is 14.3 Å². The van der Waals surface area contributed by atoms with Crippen LogP contribution >= 0.6 is 0 Å². The largest absolute Gasteiger partial charge is 0.497 e. The summed E-state index contributed by atoms with van der Waals surface area (Å²) < 4.78 is 8.02. The highest BCUT2D eigenvalue weighted by Gasteiger charge is 2.12. The summed E-state index contributed by atoms with van der Waals surface area (Å²) in [5.41, 5.74) is 0.959. The summed E-state index contributed by atoms with van der Waals surface area (Å²) in [6, 6.07) is 7.57. The minimum atomic E-state index is -0.435. The Bertz CT molecular complexity index is 919. The molecule has 0 unspecified atom stereocenters. The van der Waals surface area contributed by atoms with E-state index in [1.54, 1.807) is 24.9 Å². The number of imidazole rings is 1. The number of H-pyrrole nitrogens is 1. The number of methoxy groups -OCH3 is 1. The lowest BCUT2D eigenvalue weighted by atomic mass is 10.2. The Morgan fingerprint density at radius 1 is 1.23 bits per heavy atom. The Labute approximate surface area is 125 Å². The number of aromatic nitrogens is 4. The van der Waals surface area contributed by atoms with Gasteiger partial charge in [0, 0.05) is 13.1 Å². The molecule has 0 spiro atoms. The van der Waals surface area contributed by atoms with Crippen LogP contribution in [0.2, 0.25) is 0 Å². The number of hydrogen-bond donors (Lipinski definition) is 1. The standard InChI is InChI=1S/C15H16N4O3/c1-3-19-14(20)12-13(17-15(19)21)16-9-18(12)8-10-4-6-11(22-2)7-5-10/h4-7,9H,3,8H2,1-2H3,(H,17,21). The normalized spacial score (nSPS) is 11.0. The molecule has 0 bridgehead atoms. The number of ether oxygens (including phenoxy) is 1. The molecule has 0 aliphatic rings. The molecule has 0 amide bonds. The molecule has 7 heteroatoms. The third kappa shape index (κ3) is 2.30. The smallest absolute Gasteiger partial charge is 0.330 e. The molecule has 3 rings (SSSR count). The number of benzene rings is 1. The van der Waals surface area contributed by atoms with E-state index in [2.05, 4.69) is 9.97 Å². The molecule has 0 radical (unpaired) electrons. The van der Waals surface area contributed by atoms with Crippen molar-refractivity contribution >= 4 is 11.2 Å². The minimum absolute atomic E-state index is 0.313. The van der Waals surface area contributed by atoms with Crippen LogP contribution in [0.1, 0.15) is 12.5 Å². The Morgan fingerprint density at radius 2 is 1.95 bits per heavy atom. The summed E-state index contributed by atoms with van der Waals surface area (Å²) in [7, 11) is 1.61. The average Bonchev–Trinajstić information content (AvgIpc) is 2.91. The van der Waals surface area contributed by atoms with E-state index in [0.29, 0.717) is 24.3 Å². The van der Waals surface area contributed by atoms with E-state index in [0.717, 1.165) is 15.9 Å². The number of nitrogens with one attached hydrogen (secondary N) is 1. The highest BCUT2D eigenvalue weighted by molar-refractivity contribution is 5.69. The number of rotatable bonds is 4. The van der Waals surface area contributed by atoms with E-state index in [1.807, 2.05) is 24.3 Å². The van der Waals surface area contributed by atoms with Crippen LogP contribution < -0.4 is 16.0 Å². The lowest BCUT2D eigenvalue weighted by Crippen LogP contribution is -2.35. The fourth-order valence-corrected chi connectivity index (χ4v) is 2.42. The van der Waals surface area contributed by atoms with Crippen LogP contribution in [-0.4, -0.2) is 26.2 Å². The van der Waals surface area contributed by atoms with Crippen molar-refractivity contribution in [2.45, 2.75) is 20.0 Å². The second-order valence-corrected chi connectivity index (χ2v) is 4.90. The fraction of sp³-hybridized carbons (Fsp3) is 0.267. The Morgan fingerprint density at radius 3 is 2.59 bits per heavy atom. The lowest BCUT2D eigenvalue weighted by molar-refractivity contribution is 0.414. The van der Waals surface area contributed by atoms with Gasteiger partial charge in [-0.25, -0.2) is 9.78 Å². The molecular formula is C15H16N4O3. The quantitative estimate of drug-likeness (QED) is 0.778. The predicted molar refractivity (Wildman–Crippen MR) is 82.4 cm³/mol. The van der Waals surface area contributed by atoms with Gasteiger partial charge in [-0.05, 0) is 24.6 Å². The molecule has 3 aromatic rings. The minimum Gasteiger partial charge on any atom is -0.497 e. The van der Waals surface area contributed by atoms with Gasteiger partial charge < -0.3 is 9.30 Å². The first kappa shape index (κ1) is 14.1. The molecule has 0 saturated carbocycles. The zero-order valence-electron chi connectivity index (χ0n) is 12.4. The molecular weight excluding hydrogens is 284 g/mol. The molecule has 22 heavy (non-hydrogen) atoms. The Balaban J connectivity index is 2.07. The van der Waals surface area contributed by atoms with Crippen molar-refractivity contribution in [3.05, 3.63) is 57.0 Å². The van der Waals surface area contributed by atoms with E-state index in [1.165, 1.54) is 0 Å². The van der Waals surface area contributed by atoms with Crippen LogP contribution in [0.25, 0.3) is 11.2 Å². The maximum Gasteiger partial charge on any atom is 0.330 e. The van der Waals surface area contributed by atoms with Crippen LogP contribution in [0.4, 0.5) is 0 Å². The van der Waals surface area contributed by atoms with Crippen molar-refractivity contribution in [1.82, 2.24) is 19.1 Å². The zero-order valence-corrected chi connectivity index (χ0v) is 12.4. The van der Waals surface area contributed by atoms with E-state index < -0.39 is 5.69 Å². The van der Waals surface area contributed by atoms with E-state index in [9.17, 15) is 9.59 Å². The summed E-state index contributed by atoms with van der Waals surface area (Å²) in [5, 5.41) is 0. The summed E-state index contributed by atoms with van der Waals surface area (Å²) >= 11 is 0. The van der Waals surface area contributed by atoms with Gasteiger partial charge in [0.25, 0.3) is 5.56 Å². The number of fused-ring (bicyclic) bond motifs is 1. The van der Waals surface area contributed by atoms with Gasteiger partial charge in [-0.2, -0.15) is 0 Å². The maximum atomic E-state index is 12.4. The van der Waals surface area contributed by atoms with Gasteiger partial charge in [0.15, 0.2) is 11.2 Å². The predicted octanol–water partition coefficient (Wildman–Crippen LogP) is 0.963. The lowest BCUT2D eigenvalue weighted by Gasteiger charge is -2.06. The summed E-state index contributed by atoms with van der Waals surface area (Å²) in [4.78, 5) is 30.9. The molecule has 7 nitrogen and oxygen atoms in total. The van der Waals surface area contributed by atoms with Gasteiger partial charge in [-0.15, -0.1) is 0 Å². The van der Waals surface area contributed by atoms with Crippen LogP contribution in [0.3, 0.4) is 0 Å². The summed E-state index contributed by atoms with van der Waals surface area (Å²) in [5.74, 6) is 0.775. The van der Waals surface area contributed by atoms with Crippen LogP contribution in [0, 0.1) is 0 Å². The van der Waals surface area contributed by atoms with Gasteiger partial charge in [0.1, 0.15) is 5.75 Å². The van der Waals surface area contributed by atoms with E-state index in [-0.39, 0.29) is 5.56 Å². The highest BCUT2D eigenvalue weighted by atomic mass is 16.5. The average molecular weight is 300 g/mol. The molecule has 2 aromatic heterocycles. The first-order valence-electron chi connectivity index (χ1n) is 6.95. The first-order chi connectivity index (χ1) is 10.6. The van der Waals surface area contributed by atoms with Crippen molar-refractivity contribution < 1.29 is 4.74 Å². The molecule has 1 N–H and O–H groups in total. The molecule has 2 heterocycles. The monoisotopic (exact) mass is 300 g/mol. The number of aromatic amines is 1. The molecule has 114 valence electrons. The van der Waals surface area contributed by atoms with Crippen molar-refractivity contribution in [1.29, 1.82) is 0 Å². The van der Waals surface area contributed by atoms with E-state index >= 15 is 0 Å². The molecule has 0 atom stereocenters. The summed E-state index contributed by atoms with van der Waals surface area (Å²) in [6.07, 6.45) is 1.56. The second-order valence-electron chi connectivity index (χ2n) is 4.90. The molecule has 0 aliphatic heterocycles. The molecule has 0 aliphatic carbocycles. The fourth-order valence-electron chi connectivity index (χ4n) is 2.42. The van der Waals surface area contributed by atoms with Crippen LogP contribution in [-0.2, 0) is 13.1 Å². The van der Waals surface area contributed by atoms with Gasteiger partial charge in [0.2, 0.25) is 0 Å². The summed E-state index contributed by atoms with van der Waals surface area (Å²) in [6.45, 7) is 2.57. The second kappa shape index (κ2) is 5.51. The molecule has 0 saturated heterocycles. The van der Waals surface area contributed by atoms with Crippen molar-refractivity contribution in [3.8, 4) is 5.75 Å². The van der Waals surface area contributed by atoms with E-state index in [4.69, 9.17) is 4.74 Å². The Hall–Kier alpha value is -2.83. The van der Waals surface area contributed by atoms with Gasteiger partial charge >= 0.3 is 5.69 Å². The van der Waals surface area contributed by atoms with Crippen LogP contribution in [0.5, 0.6) is 5.75 Å². The number of hydrogen-bond acceptors (Lipinski definition) is 4. The van der Waals surface area contributed by atoms with Gasteiger partial charge in [0.05, 0.1) is 13.4 Å². The van der Waals surface area contributed by atoms with Crippen LogP contribution in [0.15, 0.2) is 40.2 Å². The molecule has 1 aromatic carbocycles. The third-order valence-electron chi connectivity index (χ3n) is 3.58. The van der Waals surface area contributed by atoms with Crippen molar-refractivity contribution in [3.63, 3.8) is 0 Å². The topological polar surface area (TPSA) is 81.9 Å². The van der Waals surface area contributed by atoms with Gasteiger partial charge in [-0.1, -0.05) is 12.1 Å².